The van der Waals surface area contributed by atoms with Crippen LogP contribution in [0.3, 0.4) is 0 Å². The first-order valence-corrected chi connectivity index (χ1v) is 9.73. The van der Waals surface area contributed by atoms with Crippen LogP contribution in [-0.2, 0) is 0 Å². The minimum Gasteiger partial charge on any atom is -0.338 e. The Labute approximate surface area is 174 Å². The molecule has 146 valence electrons. The van der Waals surface area contributed by atoms with Gasteiger partial charge in [0, 0.05) is 35.4 Å². The van der Waals surface area contributed by atoms with Crippen molar-refractivity contribution in [3.05, 3.63) is 84.3 Å². The van der Waals surface area contributed by atoms with Gasteiger partial charge in [0.2, 0.25) is 5.95 Å². The SMILES string of the molecule is Cc1ccc2[nH]c(-c3ccc(C)c(Nc4nccc(-c5cccnc5)n4)c3)nc2c1. The number of H-pyrrole nitrogens is 1. The van der Waals surface area contributed by atoms with Crippen LogP contribution in [0.1, 0.15) is 11.1 Å². The largest absolute Gasteiger partial charge is 0.338 e. The number of hydrogen-bond donors (Lipinski definition) is 2. The average Bonchev–Trinajstić information content (AvgIpc) is 3.19. The van der Waals surface area contributed by atoms with Crippen molar-refractivity contribution < 1.29 is 0 Å². The number of benzene rings is 2. The number of rotatable bonds is 4. The quantitative estimate of drug-likeness (QED) is 0.426. The first-order valence-electron chi connectivity index (χ1n) is 9.73. The Morgan fingerprint density at radius 3 is 2.67 bits per heavy atom. The number of anilines is 2. The molecule has 0 aliphatic heterocycles. The van der Waals surface area contributed by atoms with Crippen molar-refractivity contribution in [2.24, 2.45) is 0 Å². The summed E-state index contributed by atoms with van der Waals surface area (Å²) >= 11 is 0. The summed E-state index contributed by atoms with van der Waals surface area (Å²) in [6.07, 6.45) is 5.29. The van der Waals surface area contributed by atoms with E-state index in [0.717, 1.165) is 44.9 Å². The molecule has 3 aromatic heterocycles. The van der Waals surface area contributed by atoms with E-state index in [9.17, 15) is 0 Å². The van der Waals surface area contributed by atoms with E-state index < -0.39 is 0 Å². The first-order chi connectivity index (χ1) is 14.7. The second kappa shape index (κ2) is 7.40. The lowest BCUT2D eigenvalue weighted by atomic mass is 10.1. The molecule has 30 heavy (non-hydrogen) atoms. The topological polar surface area (TPSA) is 79.4 Å². The van der Waals surface area contributed by atoms with Gasteiger partial charge in [-0.1, -0.05) is 18.2 Å². The number of aryl methyl sites for hydroxylation is 2. The molecule has 6 nitrogen and oxygen atoms in total. The third-order valence-corrected chi connectivity index (χ3v) is 5.01. The van der Waals surface area contributed by atoms with Gasteiger partial charge in [-0.05, 0) is 61.4 Å². The van der Waals surface area contributed by atoms with Gasteiger partial charge in [0.15, 0.2) is 0 Å². The maximum absolute atomic E-state index is 4.75. The normalized spacial score (nSPS) is 11.0. The van der Waals surface area contributed by atoms with Gasteiger partial charge in [-0.25, -0.2) is 15.0 Å². The van der Waals surface area contributed by atoms with E-state index in [2.05, 4.69) is 75.5 Å². The van der Waals surface area contributed by atoms with Crippen LogP contribution in [0.25, 0.3) is 33.7 Å². The molecule has 2 aromatic carbocycles. The van der Waals surface area contributed by atoms with Gasteiger partial charge in [0.1, 0.15) is 5.82 Å². The Morgan fingerprint density at radius 1 is 0.867 bits per heavy atom. The maximum atomic E-state index is 4.75. The molecule has 0 unspecified atom stereocenters. The van der Waals surface area contributed by atoms with Crippen LogP contribution in [0, 0.1) is 13.8 Å². The van der Waals surface area contributed by atoms with Crippen LogP contribution < -0.4 is 5.32 Å². The van der Waals surface area contributed by atoms with Crippen LogP contribution >= 0.6 is 0 Å². The number of imidazole rings is 1. The van der Waals surface area contributed by atoms with Gasteiger partial charge in [0.05, 0.1) is 16.7 Å². The summed E-state index contributed by atoms with van der Waals surface area (Å²) in [4.78, 5) is 21.3. The minimum absolute atomic E-state index is 0.539. The van der Waals surface area contributed by atoms with Crippen molar-refractivity contribution in [3.63, 3.8) is 0 Å². The van der Waals surface area contributed by atoms with Crippen LogP contribution in [-0.4, -0.2) is 24.9 Å². The zero-order chi connectivity index (χ0) is 20.5. The first kappa shape index (κ1) is 18.0. The van der Waals surface area contributed by atoms with E-state index in [0.29, 0.717) is 5.95 Å². The summed E-state index contributed by atoms with van der Waals surface area (Å²) in [7, 11) is 0. The molecule has 6 heteroatoms. The Bertz CT molecular complexity index is 1340. The fourth-order valence-corrected chi connectivity index (χ4v) is 3.37. The molecular weight excluding hydrogens is 372 g/mol. The third kappa shape index (κ3) is 3.51. The number of nitrogens with one attached hydrogen (secondary N) is 2. The molecule has 0 atom stereocenters. The summed E-state index contributed by atoms with van der Waals surface area (Å²) in [6.45, 7) is 4.13. The van der Waals surface area contributed by atoms with Crippen molar-refractivity contribution in [1.82, 2.24) is 24.9 Å². The number of fused-ring (bicyclic) bond motifs is 1. The minimum atomic E-state index is 0.539. The predicted octanol–water partition coefficient (Wildman–Crippen LogP) is 5.44. The molecule has 3 heterocycles. The van der Waals surface area contributed by atoms with E-state index in [1.54, 1.807) is 18.6 Å². The molecule has 0 aliphatic rings. The fraction of sp³-hybridized carbons (Fsp3) is 0.0833. The highest BCUT2D eigenvalue weighted by molar-refractivity contribution is 5.81. The lowest BCUT2D eigenvalue weighted by molar-refractivity contribution is 1.16. The summed E-state index contributed by atoms with van der Waals surface area (Å²) in [5.74, 6) is 1.38. The van der Waals surface area contributed by atoms with Gasteiger partial charge in [-0.2, -0.15) is 0 Å². The van der Waals surface area contributed by atoms with Crippen molar-refractivity contribution in [1.29, 1.82) is 0 Å². The third-order valence-electron chi connectivity index (χ3n) is 5.01. The summed E-state index contributed by atoms with van der Waals surface area (Å²) < 4.78 is 0. The second-order valence-electron chi connectivity index (χ2n) is 7.27. The van der Waals surface area contributed by atoms with E-state index in [-0.39, 0.29) is 0 Å². The molecule has 0 aliphatic carbocycles. The standard InChI is InChI=1S/C24H20N6/c1-15-5-8-20-22(12-15)28-23(27-20)17-7-6-16(2)21(13-17)30-24-26-11-9-19(29-24)18-4-3-10-25-14-18/h3-14H,1-2H3,(H,27,28)(H,26,29,30). The Morgan fingerprint density at radius 2 is 1.80 bits per heavy atom. The predicted molar refractivity (Wildman–Crippen MR) is 120 cm³/mol. The Balaban J connectivity index is 1.48. The van der Waals surface area contributed by atoms with E-state index in [1.165, 1.54) is 5.56 Å². The van der Waals surface area contributed by atoms with Crippen LogP contribution in [0.15, 0.2) is 73.2 Å². The summed E-state index contributed by atoms with van der Waals surface area (Å²) in [5, 5.41) is 3.35. The molecule has 0 amide bonds. The summed E-state index contributed by atoms with van der Waals surface area (Å²) in [5.41, 5.74) is 7.99. The van der Waals surface area contributed by atoms with Crippen LogP contribution in [0.5, 0.6) is 0 Å². The monoisotopic (exact) mass is 392 g/mol. The maximum Gasteiger partial charge on any atom is 0.227 e. The highest BCUT2D eigenvalue weighted by atomic mass is 15.1. The smallest absolute Gasteiger partial charge is 0.227 e. The van der Waals surface area contributed by atoms with Gasteiger partial charge in [-0.15, -0.1) is 0 Å². The fourth-order valence-electron chi connectivity index (χ4n) is 3.37. The molecule has 0 spiro atoms. The van der Waals surface area contributed by atoms with Crippen molar-refractivity contribution in [2.45, 2.75) is 13.8 Å². The number of hydrogen-bond acceptors (Lipinski definition) is 5. The zero-order valence-electron chi connectivity index (χ0n) is 16.7. The van der Waals surface area contributed by atoms with E-state index in [4.69, 9.17) is 4.98 Å². The van der Waals surface area contributed by atoms with Crippen molar-refractivity contribution in [3.8, 4) is 22.6 Å². The number of aromatic nitrogens is 5. The molecule has 0 fully saturated rings. The van der Waals surface area contributed by atoms with Crippen molar-refractivity contribution in [2.75, 3.05) is 5.32 Å². The molecule has 0 saturated carbocycles. The highest BCUT2D eigenvalue weighted by Crippen LogP contribution is 2.27. The zero-order valence-corrected chi connectivity index (χ0v) is 16.7. The van der Waals surface area contributed by atoms with E-state index >= 15 is 0 Å². The Hall–Kier alpha value is -4.06. The molecular formula is C24H20N6. The lowest BCUT2D eigenvalue weighted by Gasteiger charge is -2.10. The van der Waals surface area contributed by atoms with E-state index in [1.807, 2.05) is 18.2 Å². The molecule has 5 rings (SSSR count). The molecule has 0 bridgehead atoms. The molecule has 0 saturated heterocycles. The Kier molecular flexibility index (Phi) is 4.44. The van der Waals surface area contributed by atoms with Crippen molar-refractivity contribution >= 4 is 22.7 Å². The molecule has 0 radical (unpaired) electrons. The highest BCUT2D eigenvalue weighted by Gasteiger charge is 2.10. The van der Waals surface area contributed by atoms with Gasteiger partial charge in [0.25, 0.3) is 0 Å². The van der Waals surface area contributed by atoms with Crippen LogP contribution in [0.2, 0.25) is 0 Å². The van der Waals surface area contributed by atoms with Gasteiger partial charge >= 0.3 is 0 Å². The number of pyridine rings is 1. The molecule has 5 aromatic rings. The van der Waals surface area contributed by atoms with Gasteiger partial charge in [-0.3, -0.25) is 4.98 Å². The lowest BCUT2D eigenvalue weighted by Crippen LogP contribution is -2.00. The molecule has 2 N–H and O–H groups in total. The number of aromatic amines is 1. The van der Waals surface area contributed by atoms with Crippen LogP contribution in [0.4, 0.5) is 11.6 Å². The number of nitrogens with zero attached hydrogens (tertiary/aromatic N) is 4. The van der Waals surface area contributed by atoms with Gasteiger partial charge < -0.3 is 10.3 Å². The second-order valence-corrected chi connectivity index (χ2v) is 7.27. The average molecular weight is 392 g/mol. The summed E-state index contributed by atoms with van der Waals surface area (Å²) in [6, 6.07) is 18.2.